The molecule has 2 aromatic heterocycles. The smallest absolute Gasteiger partial charge is 0.270 e. The summed E-state index contributed by atoms with van der Waals surface area (Å²) in [7, 11) is 1.61. The number of aryl methyl sites for hydroxylation is 1. The maximum absolute atomic E-state index is 13.0. The fraction of sp³-hybridized carbons (Fsp3) is 0.579. The molecule has 0 spiro atoms. The molecule has 0 atom stereocenters. The summed E-state index contributed by atoms with van der Waals surface area (Å²) in [5, 5.41) is 3.18. The lowest BCUT2D eigenvalue weighted by Crippen LogP contribution is -2.46. The third-order valence-corrected chi connectivity index (χ3v) is 3.88. The Morgan fingerprint density at radius 2 is 1.96 bits per heavy atom. The Bertz CT molecular complexity index is 739. The number of fused-ring (bicyclic) bond motifs is 1. The van der Waals surface area contributed by atoms with Crippen molar-refractivity contribution in [3.05, 3.63) is 29.7 Å². The molecule has 2 rings (SSSR count). The van der Waals surface area contributed by atoms with Crippen molar-refractivity contribution >= 4 is 11.6 Å². The predicted molar refractivity (Wildman–Crippen MR) is 96.7 cm³/mol. The number of carbonyl (C=O) groups excluding carboxylic acids is 1. The SMILES string of the molecule is CCc1nc2c(OC)cccn2c1C(=O)NC(C)(C)CC(C)(C)C. The standard InChI is InChI=1S/C19H29N3O2/c1-8-13-15(17(23)21-19(5,6)12-18(2,3)4)22-11-9-10-14(24-7)16(22)20-13/h9-11H,8,12H2,1-7H3,(H,21,23). The van der Waals surface area contributed by atoms with Gasteiger partial charge >= 0.3 is 0 Å². The van der Waals surface area contributed by atoms with Crippen molar-refractivity contribution in [3.63, 3.8) is 0 Å². The summed E-state index contributed by atoms with van der Waals surface area (Å²) in [5.41, 5.74) is 1.88. The number of nitrogens with zero attached hydrogens (tertiary/aromatic N) is 2. The van der Waals surface area contributed by atoms with Crippen LogP contribution in [0.1, 0.15) is 64.1 Å². The van der Waals surface area contributed by atoms with Gasteiger partial charge in [-0.1, -0.05) is 27.7 Å². The van der Waals surface area contributed by atoms with Gasteiger partial charge in [-0.3, -0.25) is 9.20 Å². The molecule has 0 aliphatic heterocycles. The van der Waals surface area contributed by atoms with Gasteiger partial charge < -0.3 is 10.1 Å². The number of hydrogen-bond donors (Lipinski definition) is 1. The molecule has 0 unspecified atom stereocenters. The number of amides is 1. The van der Waals surface area contributed by atoms with Gasteiger partial charge in [0, 0.05) is 11.7 Å². The molecule has 0 saturated carbocycles. The Kier molecular flexibility index (Phi) is 4.92. The van der Waals surface area contributed by atoms with Gasteiger partial charge in [-0.05, 0) is 44.2 Å². The highest BCUT2D eigenvalue weighted by Gasteiger charge is 2.29. The number of hydrogen-bond acceptors (Lipinski definition) is 3. The van der Waals surface area contributed by atoms with E-state index in [-0.39, 0.29) is 16.9 Å². The summed E-state index contributed by atoms with van der Waals surface area (Å²) in [6.07, 6.45) is 3.43. The Balaban J connectivity index is 2.42. The average Bonchev–Trinajstić information content (AvgIpc) is 2.82. The topological polar surface area (TPSA) is 55.6 Å². The lowest BCUT2D eigenvalue weighted by Gasteiger charge is -2.33. The van der Waals surface area contributed by atoms with Crippen molar-refractivity contribution in [3.8, 4) is 5.75 Å². The van der Waals surface area contributed by atoms with Crippen LogP contribution in [-0.2, 0) is 6.42 Å². The number of imidazole rings is 1. The minimum Gasteiger partial charge on any atom is -0.493 e. The molecule has 0 aliphatic rings. The quantitative estimate of drug-likeness (QED) is 0.905. The highest BCUT2D eigenvalue weighted by Crippen LogP contribution is 2.28. The number of methoxy groups -OCH3 is 1. The van der Waals surface area contributed by atoms with Gasteiger partial charge in [0.15, 0.2) is 11.4 Å². The van der Waals surface area contributed by atoms with Crippen molar-refractivity contribution in [2.75, 3.05) is 7.11 Å². The van der Waals surface area contributed by atoms with Crippen LogP contribution in [0.4, 0.5) is 0 Å². The van der Waals surface area contributed by atoms with E-state index in [0.717, 1.165) is 12.1 Å². The number of pyridine rings is 1. The minimum absolute atomic E-state index is 0.0955. The lowest BCUT2D eigenvalue weighted by molar-refractivity contribution is 0.0884. The summed E-state index contributed by atoms with van der Waals surface area (Å²) < 4.78 is 7.19. The molecule has 0 aromatic carbocycles. The van der Waals surface area contributed by atoms with Crippen LogP contribution >= 0.6 is 0 Å². The van der Waals surface area contributed by atoms with E-state index in [9.17, 15) is 4.79 Å². The highest BCUT2D eigenvalue weighted by atomic mass is 16.5. The van der Waals surface area contributed by atoms with Crippen molar-refractivity contribution in [1.29, 1.82) is 0 Å². The van der Waals surface area contributed by atoms with E-state index in [0.29, 0.717) is 23.5 Å². The lowest BCUT2D eigenvalue weighted by atomic mass is 9.82. The normalized spacial score (nSPS) is 12.5. The van der Waals surface area contributed by atoms with Gasteiger partial charge in [-0.15, -0.1) is 0 Å². The molecule has 0 bridgehead atoms. The summed E-state index contributed by atoms with van der Waals surface area (Å²) in [6, 6.07) is 3.72. The molecule has 2 heterocycles. The fourth-order valence-electron chi connectivity index (χ4n) is 3.47. The monoisotopic (exact) mass is 331 g/mol. The van der Waals surface area contributed by atoms with Gasteiger partial charge in [0.05, 0.1) is 12.8 Å². The number of rotatable bonds is 5. The second kappa shape index (κ2) is 6.46. The average molecular weight is 331 g/mol. The molecule has 1 amide bonds. The first-order valence-electron chi connectivity index (χ1n) is 8.44. The summed E-state index contributed by atoms with van der Waals surface area (Å²) in [6.45, 7) is 12.7. The first kappa shape index (κ1) is 18.3. The number of carbonyl (C=O) groups is 1. The van der Waals surface area contributed by atoms with Crippen molar-refractivity contribution < 1.29 is 9.53 Å². The van der Waals surface area contributed by atoms with E-state index < -0.39 is 0 Å². The zero-order valence-electron chi connectivity index (χ0n) is 15.9. The van der Waals surface area contributed by atoms with Crippen LogP contribution in [0.25, 0.3) is 5.65 Å². The molecule has 5 nitrogen and oxygen atoms in total. The highest BCUT2D eigenvalue weighted by molar-refractivity contribution is 5.95. The van der Waals surface area contributed by atoms with E-state index in [1.165, 1.54) is 0 Å². The molecule has 132 valence electrons. The minimum atomic E-state index is -0.302. The fourth-order valence-corrected chi connectivity index (χ4v) is 3.47. The molecule has 0 aliphatic carbocycles. The van der Waals surface area contributed by atoms with E-state index in [4.69, 9.17) is 4.74 Å². The molecule has 5 heteroatoms. The van der Waals surface area contributed by atoms with Crippen LogP contribution in [0.3, 0.4) is 0 Å². The predicted octanol–water partition coefficient (Wildman–Crippen LogP) is 3.85. The van der Waals surface area contributed by atoms with Gasteiger partial charge in [0.2, 0.25) is 0 Å². The Labute approximate surface area is 144 Å². The van der Waals surface area contributed by atoms with Gasteiger partial charge in [0.1, 0.15) is 5.69 Å². The van der Waals surface area contributed by atoms with Crippen molar-refractivity contribution in [1.82, 2.24) is 14.7 Å². The zero-order chi connectivity index (χ0) is 18.1. The molecule has 0 fully saturated rings. The van der Waals surface area contributed by atoms with Crippen LogP contribution in [0, 0.1) is 5.41 Å². The van der Waals surface area contributed by atoms with Crippen molar-refractivity contribution in [2.24, 2.45) is 5.41 Å². The van der Waals surface area contributed by atoms with Crippen LogP contribution < -0.4 is 10.1 Å². The Morgan fingerprint density at radius 1 is 1.29 bits per heavy atom. The Hall–Kier alpha value is -2.04. The molecule has 1 N–H and O–H groups in total. The number of ether oxygens (including phenoxy) is 1. The Morgan fingerprint density at radius 3 is 2.50 bits per heavy atom. The van der Waals surface area contributed by atoms with E-state index in [2.05, 4.69) is 44.9 Å². The maximum atomic E-state index is 13.0. The van der Waals surface area contributed by atoms with Crippen LogP contribution in [0.15, 0.2) is 18.3 Å². The van der Waals surface area contributed by atoms with Crippen LogP contribution in [0.2, 0.25) is 0 Å². The summed E-state index contributed by atoms with van der Waals surface area (Å²) in [5.74, 6) is 0.571. The van der Waals surface area contributed by atoms with Crippen molar-refractivity contribution in [2.45, 2.75) is 59.9 Å². The first-order valence-corrected chi connectivity index (χ1v) is 8.44. The van der Waals surface area contributed by atoms with Gasteiger partial charge in [-0.25, -0.2) is 4.98 Å². The summed E-state index contributed by atoms with van der Waals surface area (Å²) >= 11 is 0. The summed E-state index contributed by atoms with van der Waals surface area (Å²) in [4.78, 5) is 17.6. The number of nitrogens with one attached hydrogen (secondary N) is 1. The van der Waals surface area contributed by atoms with E-state index in [1.807, 2.05) is 29.7 Å². The molecule has 0 saturated heterocycles. The largest absolute Gasteiger partial charge is 0.493 e. The zero-order valence-corrected chi connectivity index (χ0v) is 15.9. The van der Waals surface area contributed by atoms with Gasteiger partial charge in [-0.2, -0.15) is 0 Å². The maximum Gasteiger partial charge on any atom is 0.270 e. The molecule has 24 heavy (non-hydrogen) atoms. The third-order valence-electron chi connectivity index (χ3n) is 3.88. The first-order chi connectivity index (χ1) is 11.1. The second-order valence-corrected chi connectivity index (χ2v) is 8.11. The third kappa shape index (κ3) is 3.89. The molecule has 2 aromatic rings. The van der Waals surface area contributed by atoms with Gasteiger partial charge in [0.25, 0.3) is 5.91 Å². The second-order valence-electron chi connectivity index (χ2n) is 8.11. The van der Waals surface area contributed by atoms with Crippen LogP contribution in [0.5, 0.6) is 5.75 Å². The molecular weight excluding hydrogens is 302 g/mol. The number of aromatic nitrogens is 2. The molecular formula is C19H29N3O2. The van der Waals surface area contributed by atoms with Crippen LogP contribution in [-0.4, -0.2) is 27.9 Å². The molecule has 0 radical (unpaired) electrons. The van der Waals surface area contributed by atoms with E-state index in [1.54, 1.807) is 7.11 Å². The van der Waals surface area contributed by atoms with E-state index >= 15 is 0 Å².